The van der Waals surface area contributed by atoms with Crippen molar-refractivity contribution in [3.05, 3.63) is 30.6 Å². The number of β-amino-alcohol motifs (C(OH)–C–C–N with tert-alkyl or cyclic N) is 1. The van der Waals surface area contributed by atoms with Crippen LogP contribution in [0.4, 0.5) is 5.82 Å². The van der Waals surface area contributed by atoms with Crippen LogP contribution in [0.1, 0.15) is 12.8 Å². The SMILES string of the molecule is O[C@H]1CCCN(c2ncnc3c2oc2ccccc23)C1. The fraction of sp³-hybridized carbons (Fsp3) is 0.333. The van der Waals surface area contributed by atoms with Crippen LogP contribution in [0.25, 0.3) is 22.1 Å². The van der Waals surface area contributed by atoms with Crippen molar-refractivity contribution in [3.8, 4) is 0 Å². The summed E-state index contributed by atoms with van der Waals surface area (Å²) >= 11 is 0. The molecule has 1 atom stereocenters. The second-order valence-electron chi connectivity index (χ2n) is 5.22. The topological polar surface area (TPSA) is 62.4 Å². The maximum atomic E-state index is 9.84. The first kappa shape index (κ1) is 11.7. The van der Waals surface area contributed by atoms with Gasteiger partial charge in [0.1, 0.15) is 17.4 Å². The first-order chi connectivity index (χ1) is 9.83. The Balaban J connectivity index is 1.91. The van der Waals surface area contributed by atoms with Crippen molar-refractivity contribution in [2.45, 2.75) is 18.9 Å². The van der Waals surface area contributed by atoms with Gasteiger partial charge >= 0.3 is 0 Å². The molecule has 5 heteroatoms. The quantitative estimate of drug-likeness (QED) is 0.734. The lowest BCUT2D eigenvalue weighted by Gasteiger charge is -2.30. The molecule has 20 heavy (non-hydrogen) atoms. The van der Waals surface area contributed by atoms with Crippen molar-refractivity contribution < 1.29 is 9.52 Å². The number of aromatic nitrogens is 2. The van der Waals surface area contributed by atoms with E-state index in [1.807, 2.05) is 24.3 Å². The minimum atomic E-state index is -0.293. The summed E-state index contributed by atoms with van der Waals surface area (Å²) in [5.74, 6) is 0.782. The predicted molar refractivity (Wildman–Crippen MR) is 76.8 cm³/mol. The van der Waals surface area contributed by atoms with Crippen LogP contribution < -0.4 is 4.90 Å². The molecule has 0 amide bonds. The molecule has 5 nitrogen and oxygen atoms in total. The third-order valence-corrected chi connectivity index (χ3v) is 3.84. The third kappa shape index (κ3) is 1.74. The molecule has 3 heterocycles. The molecule has 4 rings (SSSR count). The fourth-order valence-corrected chi connectivity index (χ4v) is 2.88. The van der Waals surface area contributed by atoms with Crippen LogP contribution in [0.3, 0.4) is 0 Å². The van der Waals surface area contributed by atoms with Gasteiger partial charge < -0.3 is 14.4 Å². The molecule has 0 saturated carbocycles. The van der Waals surface area contributed by atoms with E-state index in [-0.39, 0.29) is 6.10 Å². The summed E-state index contributed by atoms with van der Waals surface area (Å²) in [5, 5.41) is 10.8. The van der Waals surface area contributed by atoms with Gasteiger partial charge in [0.25, 0.3) is 0 Å². The second-order valence-corrected chi connectivity index (χ2v) is 5.22. The molecule has 1 aliphatic rings. The van der Waals surface area contributed by atoms with Gasteiger partial charge in [-0.2, -0.15) is 0 Å². The lowest BCUT2D eigenvalue weighted by atomic mass is 10.1. The zero-order valence-electron chi connectivity index (χ0n) is 11.0. The van der Waals surface area contributed by atoms with Gasteiger partial charge in [0, 0.05) is 18.5 Å². The molecular weight excluding hydrogens is 254 g/mol. The molecule has 1 N–H and O–H groups in total. The van der Waals surface area contributed by atoms with Crippen LogP contribution >= 0.6 is 0 Å². The Bertz CT molecular complexity index is 768. The third-order valence-electron chi connectivity index (χ3n) is 3.84. The number of furan rings is 1. The van der Waals surface area contributed by atoms with Crippen molar-refractivity contribution in [2.24, 2.45) is 0 Å². The molecule has 0 aliphatic carbocycles. The average Bonchev–Trinajstić information content (AvgIpc) is 2.86. The Morgan fingerprint density at radius 3 is 3.05 bits per heavy atom. The smallest absolute Gasteiger partial charge is 0.196 e. The molecule has 0 bridgehead atoms. The van der Waals surface area contributed by atoms with E-state index in [1.54, 1.807) is 6.33 Å². The van der Waals surface area contributed by atoms with Crippen LogP contribution in [0, 0.1) is 0 Å². The summed E-state index contributed by atoms with van der Waals surface area (Å²) in [7, 11) is 0. The Kier molecular flexibility index (Phi) is 2.60. The highest BCUT2D eigenvalue weighted by molar-refractivity contribution is 6.05. The number of nitrogens with zero attached hydrogens (tertiary/aromatic N) is 3. The van der Waals surface area contributed by atoms with Gasteiger partial charge in [0.2, 0.25) is 0 Å². The molecule has 102 valence electrons. The van der Waals surface area contributed by atoms with Crippen molar-refractivity contribution in [1.82, 2.24) is 9.97 Å². The Morgan fingerprint density at radius 2 is 2.15 bits per heavy atom. The van der Waals surface area contributed by atoms with Gasteiger partial charge in [-0.25, -0.2) is 9.97 Å². The molecule has 1 saturated heterocycles. The monoisotopic (exact) mass is 269 g/mol. The minimum Gasteiger partial charge on any atom is -0.450 e. The first-order valence-corrected chi connectivity index (χ1v) is 6.88. The van der Waals surface area contributed by atoms with Gasteiger partial charge in [0.15, 0.2) is 11.4 Å². The number of piperidine rings is 1. The molecule has 3 aromatic rings. The molecule has 2 aromatic heterocycles. The van der Waals surface area contributed by atoms with Crippen LogP contribution in [-0.4, -0.2) is 34.3 Å². The van der Waals surface area contributed by atoms with Gasteiger partial charge in [-0.3, -0.25) is 0 Å². The van der Waals surface area contributed by atoms with Crippen LogP contribution in [0.5, 0.6) is 0 Å². The number of anilines is 1. The summed E-state index contributed by atoms with van der Waals surface area (Å²) < 4.78 is 5.92. The molecule has 1 aromatic carbocycles. The van der Waals surface area contributed by atoms with Gasteiger partial charge in [-0.1, -0.05) is 12.1 Å². The van der Waals surface area contributed by atoms with E-state index in [4.69, 9.17) is 4.42 Å². The van der Waals surface area contributed by atoms with Crippen LogP contribution in [0.2, 0.25) is 0 Å². The van der Waals surface area contributed by atoms with Crippen LogP contribution in [-0.2, 0) is 0 Å². The lowest BCUT2D eigenvalue weighted by Crippen LogP contribution is -2.38. The normalized spacial score (nSPS) is 19.9. The number of hydrogen-bond donors (Lipinski definition) is 1. The van der Waals surface area contributed by atoms with Crippen LogP contribution in [0.15, 0.2) is 35.0 Å². The van der Waals surface area contributed by atoms with E-state index in [2.05, 4.69) is 14.9 Å². The van der Waals surface area contributed by atoms with Gasteiger partial charge in [0.05, 0.1) is 6.10 Å². The highest BCUT2D eigenvalue weighted by atomic mass is 16.3. The lowest BCUT2D eigenvalue weighted by molar-refractivity contribution is 0.154. The van der Waals surface area contributed by atoms with E-state index in [1.165, 1.54) is 0 Å². The Labute approximate surface area is 115 Å². The van der Waals surface area contributed by atoms with E-state index in [0.29, 0.717) is 12.1 Å². The van der Waals surface area contributed by atoms with E-state index in [0.717, 1.165) is 41.7 Å². The van der Waals surface area contributed by atoms with Gasteiger partial charge in [-0.15, -0.1) is 0 Å². The molecule has 0 unspecified atom stereocenters. The molecule has 1 aliphatic heterocycles. The highest BCUT2D eigenvalue weighted by Crippen LogP contribution is 2.32. The van der Waals surface area contributed by atoms with Crippen molar-refractivity contribution in [1.29, 1.82) is 0 Å². The maximum Gasteiger partial charge on any atom is 0.196 e. The van der Waals surface area contributed by atoms with Crippen molar-refractivity contribution in [2.75, 3.05) is 18.0 Å². The number of benzene rings is 1. The zero-order chi connectivity index (χ0) is 13.5. The van der Waals surface area contributed by atoms with E-state index < -0.39 is 0 Å². The molecular formula is C15H15N3O2. The number of para-hydroxylation sites is 1. The zero-order valence-corrected chi connectivity index (χ0v) is 11.0. The molecule has 0 spiro atoms. The fourth-order valence-electron chi connectivity index (χ4n) is 2.88. The number of aliphatic hydroxyl groups is 1. The van der Waals surface area contributed by atoms with Gasteiger partial charge in [-0.05, 0) is 25.0 Å². The number of fused-ring (bicyclic) bond motifs is 3. The van der Waals surface area contributed by atoms with E-state index in [9.17, 15) is 5.11 Å². The molecule has 1 fully saturated rings. The van der Waals surface area contributed by atoms with Crippen molar-refractivity contribution >= 4 is 27.9 Å². The van der Waals surface area contributed by atoms with E-state index >= 15 is 0 Å². The number of hydrogen-bond acceptors (Lipinski definition) is 5. The largest absolute Gasteiger partial charge is 0.450 e. The Hall–Kier alpha value is -2.14. The minimum absolute atomic E-state index is 0.293. The average molecular weight is 269 g/mol. The molecule has 0 radical (unpaired) electrons. The number of aliphatic hydroxyl groups excluding tert-OH is 1. The first-order valence-electron chi connectivity index (χ1n) is 6.88. The highest BCUT2D eigenvalue weighted by Gasteiger charge is 2.23. The second kappa shape index (κ2) is 4.45. The summed E-state index contributed by atoms with van der Waals surface area (Å²) in [6.45, 7) is 1.49. The predicted octanol–water partition coefficient (Wildman–Crippen LogP) is 2.34. The summed E-state index contributed by atoms with van der Waals surface area (Å²) in [6, 6.07) is 7.86. The standard InChI is InChI=1S/C15H15N3O2/c19-10-4-3-7-18(8-10)15-14-13(16-9-17-15)11-5-1-2-6-12(11)20-14/h1-2,5-6,9-10,19H,3-4,7-8H2/t10-/m0/s1. The maximum absolute atomic E-state index is 9.84. The summed E-state index contributed by atoms with van der Waals surface area (Å²) in [6.07, 6.45) is 3.09. The summed E-state index contributed by atoms with van der Waals surface area (Å²) in [4.78, 5) is 10.8. The summed E-state index contributed by atoms with van der Waals surface area (Å²) in [5.41, 5.74) is 2.37. The number of rotatable bonds is 1. The Morgan fingerprint density at radius 1 is 1.25 bits per heavy atom. The van der Waals surface area contributed by atoms with Crippen molar-refractivity contribution in [3.63, 3.8) is 0 Å².